The Labute approximate surface area is 156 Å². The molecule has 146 valence electrons. The minimum Gasteiger partial charge on any atom is -0.376 e. The third-order valence-electron chi connectivity index (χ3n) is 3.96. The van der Waals surface area contributed by atoms with Crippen LogP contribution in [-0.2, 0) is 22.3 Å². The minimum atomic E-state index is -4.43. The standard InChI is InChI=1S/C16H17F3N4O3S/c17-16(18,19)10-3-5-11(6-4-10)20-13(24)9-27-15-22-21-14(25)23(15)8-12-2-1-7-26-12/h3-6,12H,1-2,7-9H2,(H,20,24)(H,21,25)/t12-/m0/s1. The van der Waals surface area contributed by atoms with Gasteiger partial charge in [-0.1, -0.05) is 11.8 Å². The van der Waals surface area contributed by atoms with E-state index in [0.717, 1.165) is 36.7 Å². The summed E-state index contributed by atoms with van der Waals surface area (Å²) in [6.07, 6.45) is -2.68. The van der Waals surface area contributed by atoms with Crippen LogP contribution in [-0.4, -0.2) is 39.1 Å². The highest BCUT2D eigenvalue weighted by atomic mass is 32.2. The fraction of sp³-hybridized carbons (Fsp3) is 0.438. The molecule has 1 aliphatic heterocycles. The molecule has 2 aromatic rings. The van der Waals surface area contributed by atoms with Gasteiger partial charge < -0.3 is 10.1 Å². The van der Waals surface area contributed by atoms with Gasteiger partial charge in [-0.25, -0.2) is 9.89 Å². The Balaban J connectivity index is 1.55. The van der Waals surface area contributed by atoms with Crippen molar-refractivity contribution >= 4 is 23.4 Å². The van der Waals surface area contributed by atoms with Gasteiger partial charge in [0.1, 0.15) is 0 Å². The highest BCUT2D eigenvalue weighted by Crippen LogP contribution is 2.29. The molecule has 0 radical (unpaired) electrons. The van der Waals surface area contributed by atoms with Crippen molar-refractivity contribution in [3.05, 3.63) is 40.3 Å². The van der Waals surface area contributed by atoms with Gasteiger partial charge in [0.25, 0.3) is 0 Å². The number of aromatic amines is 1. The van der Waals surface area contributed by atoms with E-state index in [1.54, 1.807) is 0 Å². The first-order chi connectivity index (χ1) is 12.8. The van der Waals surface area contributed by atoms with E-state index in [0.29, 0.717) is 18.3 Å². The molecule has 1 aromatic heterocycles. The van der Waals surface area contributed by atoms with E-state index in [-0.39, 0.29) is 23.2 Å². The number of halogens is 3. The number of thioether (sulfide) groups is 1. The van der Waals surface area contributed by atoms with Crippen molar-refractivity contribution < 1.29 is 22.7 Å². The van der Waals surface area contributed by atoms with Crippen molar-refractivity contribution in [2.75, 3.05) is 17.7 Å². The minimum absolute atomic E-state index is 0.0448. The molecule has 0 saturated carbocycles. The van der Waals surface area contributed by atoms with Crippen molar-refractivity contribution in [3.63, 3.8) is 0 Å². The molecular formula is C16H17F3N4O3S. The number of hydrogen-bond donors (Lipinski definition) is 2. The van der Waals surface area contributed by atoms with Gasteiger partial charge in [0.2, 0.25) is 5.91 Å². The Morgan fingerprint density at radius 2 is 2.11 bits per heavy atom. The normalized spacial score (nSPS) is 17.2. The van der Waals surface area contributed by atoms with E-state index in [9.17, 15) is 22.8 Å². The number of aromatic nitrogens is 3. The van der Waals surface area contributed by atoms with Crippen LogP contribution in [0.25, 0.3) is 0 Å². The number of amides is 1. The van der Waals surface area contributed by atoms with Gasteiger partial charge >= 0.3 is 11.9 Å². The summed E-state index contributed by atoms with van der Waals surface area (Å²) in [4.78, 5) is 23.9. The van der Waals surface area contributed by atoms with Crippen LogP contribution in [0.5, 0.6) is 0 Å². The SMILES string of the molecule is O=C(CSc1n[nH]c(=O)n1C[C@@H]1CCCO1)Nc1ccc(C(F)(F)F)cc1. The maximum Gasteiger partial charge on any atom is 0.416 e. The second-order valence-electron chi connectivity index (χ2n) is 5.97. The Morgan fingerprint density at radius 3 is 2.74 bits per heavy atom. The van der Waals surface area contributed by atoms with Gasteiger partial charge in [0.05, 0.1) is 24.0 Å². The number of hydrogen-bond acceptors (Lipinski definition) is 5. The van der Waals surface area contributed by atoms with Crippen LogP contribution in [0.3, 0.4) is 0 Å². The van der Waals surface area contributed by atoms with Gasteiger partial charge in [0, 0.05) is 12.3 Å². The molecule has 1 amide bonds. The fourth-order valence-corrected chi connectivity index (χ4v) is 3.39. The average molecular weight is 402 g/mol. The molecule has 0 unspecified atom stereocenters. The second-order valence-corrected chi connectivity index (χ2v) is 6.91. The zero-order valence-electron chi connectivity index (χ0n) is 14.1. The predicted molar refractivity (Wildman–Crippen MR) is 92.6 cm³/mol. The number of anilines is 1. The summed E-state index contributed by atoms with van der Waals surface area (Å²) in [6, 6.07) is 4.17. The number of carbonyl (C=O) groups excluding carboxylic acids is 1. The third-order valence-corrected chi connectivity index (χ3v) is 4.94. The van der Waals surface area contributed by atoms with E-state index in [2.05, 4.69) is 15.5 Å². The second kappa shape index (κ2) is 8.17. The number of ether oxygens (including phenoxy) is 1. The maximum atomic E-state index is 12.5. The molecular weight excluding hydrogens is 385 g/mol. The van der Waals surface area contributed by atoms with E-state index < -0.39 is 17.6 Å². The van der Waals surface area contributed by atoms with Crippen LogP contribution in [0, 0.1) is 0 Å². The average Bonchev–Trinajstić information content (AvgIpc) is 3.24. The summed E-state index contributed by atoms with van der Waals surface area (Å²) < 4.78 is 44.5. The van der Waals surface area contributed by atoms with Gasteiger partial charge in [-0.2, -0.15) is 13.2 Å². The highest BCUT2D eigenvalue weighted by molar-refractivity contribution is 7.99. The lowest BCUT2D eigenvalue weighted by Crippen LogP contribution is -2.25. The summed E-state index contributed by atoms with van der Waals surface area (Å²) in [6.45, 7) is 1.02. The molecule has 2 heterocycles. The van der Waals surface area contributed by atoms with Crippen molar-refractivity contribution in [3.8, 4) is 0 Å². The first-order valence-electron chi connectivity index (χ1n) is 8.19. The molecule has 1 aliphatic rings. The summed E-state index contributed by atoms with van der Waals surface area (Å²) in [5.41, 5.74) is -0.909. The smallest absolute Gasteiger partial charge is 0.376 e. The zero-order chi connectivity index (χ0) is 19.4. The van der Waals surface area contributed by atoms with Crippen LogP contribution >= 0.6 is 11.8 Å². The Bertz CT molecular complexity index is 842. The molecule has 3 rings (SSSR count). The van der Waals surface area contributed by atoms with E-state index >= 15 is 0 Å². The lowest BCUT2D eigenvalue weighted by Gasteiger charge is -2.11. The lowest BCUT2D eigenvalue weighted by atomic mass is 10.2. The highest BCUT2D eigenvalue weighted by Gasteiger charge is 2.30. The molecule has 2 N–H and O–H groups in total. The number of nitrogens with zero attached hydrogens (tertiary/aromatic N) is 2. The molecule has 7 nitrogen and oxygen atoms in total. The van der Waals surface area contributed by atoms with Crippen molar-refractivity contribution in [2.45, 2.75) is 36.8 Å². The van der Waals surface area contributed by atoms with Crippen LogP contribution in [0.1, 0.15) is 18.4 Å². The molecule has 1 aromatic carbocycles. The summed E-state index contributed by atoms with van der Waals surface area (Å²) in [5, 5.41) is 9.12. The molecule has 11 heteroatoms. The van der Waals surface area contributed by atoms with Crippen molar-refractivity contribution in [2.24, 2.45) is 0 Å². The summed E-state index contributed by atoms with van der Waals surface area (Å²) in [7, 11) is 0. The van der Waals surface area contributed by atoms with Gasteiger partial charge in [-0.05, 0) is 37.1 Å². The maximum absolute atomic E-state index is 12.5. The van der Waals surface area contributed by atoms with Crippen LogP contribution in [0.2, 0.25) is 0 Å². The molecule has 27 heavy (non-hydrogen) atoms. The lowest BCUT2D eigenvalue weighted by molar-refractivity contribution is -0.137. The fourth-order valence-electron chi connectivity index (χ4n) is 2.64. The number of rotatable bonds is 6. The van der Waals surface area contributed by atoms with E-state index in [1.807, 2.05) is 0 Å². The largest absolute Gasteiger partial charge is 0.416 e. The summed E-state index contributed by atoms with van der Waals surface area (Å²) >= 11 is 1.06. The van der Waals surface area contributed by atoms with Crippen molar-refractivity contribution in [1.82, 2.24) is 14.8 Å². The Hall–Kier alpha value is -2.27. The first-order valence-corrected chi connectivity index (χ1v) is 9.18. The molecule has 0 spiro atoms. The molecule has 1 atom stereocenters. The molecule has 0 aliphatic carbocycles. The number of carbonyl (C=O) groups is 1. The van der Waals surface area contributed by atoms with Crippen LogP contribution < -0.4 is 11.0 Å². The molecule has 0 bridgehead atoms. The van der Waals surface area contributed by atoms with Crippen LogP contribution in [0.15, 0.2) is 34.2 Å². The monoisotopic (exact) mass is 402 g/mol. The summed E-state index contributed by atoms with van der Waals surface area (Å²) in [5.74, 6) is -0.463. The van der Waals surface area contributed by atoms with Crippen molar-refractivity contribution in [1.29, 1.82) is 0 Å². The quantitative estimate of drug-likeness (QED) is 0.725. The Kier molecular flexibility index (Phi) is 5.90. The van der Waals surface area contributed by atoms with E-state index in [4.69, 9.17) is 4.74 Å². The van der Waals surface area contributed by atoms with E-state index in [1.165, 1.54) is 16.7 Å². The molecule has 1 saturated heterocycles. The topological polar surface area (TPSA) is 89.0 Å². The first kappa shape index (κ1) is 19.5. The van der Waals surface area contributed by atoms with Gasteiger partial charge in [0.15, 0.2) is 5.16 Å². The number of H-pyrrole nitrogens is 1. The Morgan fingerprint density at radius 1 is 1.37 bits per heavy atom. The van der Waals surface area contributed by atoms with Gasteiger partial charge in [-0.3, -0.25) is 9.36 Å². The number of nitrogens with one attached hydrogen (secondary N) is 2. The van der Waals surface area contributed by atoms with Gasteiger partial charge in [-0.15, -0.1) is 5.10 Å². The molecule has 1 fully saturated rings. The number of benzene rings is 1. The predicted octanol–water partition coefficient (Wildman–Crippen LogP) is 2.50. The van der Waals surface area contributed by atoms with Crippen LogP contribution in [0.4, 0.5) is 18.9 Å². The number of alkyl halides is 3. The zero-order valence-corrected chi connectivity index (χ0v) is 14.9. The third kappa shape index (κ3) is 5.13.